The number of nitrogens with zero attached hydrogens (tertiary/aromatic N) is 2. The van der Waals surface area contributed by atoms with Gasteiger partial charge in [0.2, 0.25) is 0 Å². The Hall–Kier alpha value is -3.10. The molecular formula is C20H17ClN4O3S. The van der Waals surface area contributed by atoms with Crippen molar-refractivity contribution in [3.63, 3.8) is 0 Å². The molecule has 3 heterocycles. The van der Waals surface area contributed by atoms with E-state index >= 15 is 0 Å². The SMILES string of the molecule is Cc1cc(C(=O)NN2CC(O)=C(c3nc(-c4ccc(Cl)cc4)cs3)C2=N)c(C)o1. The predicted octanol–water partition coefficient (Wildman–Crippen LogP) is 4.58. The number of aryl methyl sites for hydroxylation is 2. The van der Waals surface area contributed by atoms with Crippen molar-refractivity contribution in [3.8, 4) is 11.3 Å². The number of carbonyl (C=O) groups is 1. The Morgan fingerprint density at radius 1 is 1.34 bits per heavy atom. The van der Waals surface area contributed by atoms with Crippen molar-refractivity contribution in [1.29, 1.82) is 5.41 Å². The Bertz CT molecular complexity index is 1150. The summed E-state index contributed by atoms with van der Waals surface area (Å²) in [5.74, 6) is 0.677. The van der Waals surface area contributed by atoms with Crippen molar-refractivity contribution in [2.75, 3.05) is 6.54 Å². The van der Waals surface area contributed by atoms with Crippen LogP contribution in [0.5, 0.6) is 0 Å². The third-order valence-electron chi connectivity index (χ3n) is 4.48. The van der Waals surface area contributed by atoms with E-state index in [0.717, 1.165) is 11.3 Å². The van der Waals surface area contributed by atoms with E-state index in [9.17, 15) is 9.90 Å². The number of halogens is 1. The molecule has 2 aromatic heterocycles. The van der Waals surface area contributed by atoms with Crippen LogP contribution < -0.4 is 5.43 Å². The van der Waals surface area contributed by atoms with Crippen molar-refractivity contribution < 1.29 is 14.3 Å². The van der Waals surface area contributed by atoms with Gasteiger partial charge in [0.1, 0.15) is 22.3 Å². The second kappa shape index (κ2) is 7.38. The molecule has 0 bridgehead atoms. The van der Waals surface area contributed by atoms with E-state index in [2.05, 4.69) is 10.4 Å². The number of aliphatic hydroxyl groups is 1. The first-order chi connectivity index (χ1) is 13.8. The van der Waals surface area contributed by atoms with Gasteiger partial charge in [-0.15, -0.1) is 11.3 Å². The van der Waals surface area contributed by atoms with Gasteiger partial charge in [-0.25, -0.2) is 4.98 Å². The van der Waals surface area contributed by atoms with E-state index in [0.29, 0.717) is 32.7 Å². The van der Waals surface area contributed by atoms with Crippen molar-refractivity contribution in [3.05, 3.63) is 68.6 Å². The molecule has 0 radical (unpaired) electrons. The van der Waals surface area contributed by atoms with Gasteiger partial charge in [0.15, 0.2) is 5.84 Å². The normalized spacial score (nSPS) is 14.0. The maximum atomic E-state index is 12.5. The summed E-state index contributed by atoms with van der Waals surface area (Å²) in [4.78, 5) is 17.1. The average Bonchev–Trinajstić information content (AvgIpc) is 3.34. The Kier molecular flexibility index (Phi) is 4.89. The van der Waals surface area contributed by atoms with Gasteiger partial charge in [-0.1, -0.05) is 23.7 Å². The van der Waals surface area contributed by atoms with Crippen LogP contribution in [0.3, 0.4) is 0 Å². The largest absolute Gasteiger partial charge is 0.509 e. The van der Waals surface area contributed by atoms with Gasteiger partial charge in [-0.3, -0.25) is 20.6 Å². The summed E-state index contributed by atoms with van der Waals surface area (Å²) in [7, 11) is 0. The Balaban J connectivity index is 1.53. The van der Waals surface area contributed by atoms with Crippen LogP contribution in [-0.4, -0.2) is 33.4 Å². The van der Waals surface area contributed by atoms with Gasteiger partial charge >= 0.3 is 0 Å². The highest BCUT2D eigenvalue weighted by Crippen LogP contribution is 2.32. The number of thiazole rings is 1. The Morgan fingerprint density at radius 2 is 2.07 bits per heavy atom. The van der Waals surface area contributed by atoms with Crippen molar-refractivity contribution in [1.82, 2.24) is 15.4 Å². The van der Waals surface area contributed by atoms with Crippen LogP contribution in [0.1, 0.15) is 26.9 Å². The summed E-state index contributed by atoms with van der Waals surface area (Å²) in [6.45, 7) is 3.45. The van der Waals surface area contributed by atoms with E-state index in [-0.39, 0.29) is 18.1 Å². The number of furan rings is 1. The van der Waals surface area contributed by atoms with Gasteiger partial charge in [-0.05, 0) is 32.0 Å². The molecule has 1 amide bonds. The zero-order chi connectivity index (χ0) is 20.7. The first-order valence-corrected chi connectivity index (χ1v) is 9.97. The van der Waals surface area contributed by atoms with Gasteiger partial charge in [0.25, 0.3) is 5.91 Å². The van der Waals surface area contributed by atoms with Crippen molar-refractivity contribution in [2.45, 2.75) is 13.8 Å². The lowest BCUT2D eigenvalue weighted by Gasteiger charge is -2.19. The summed E-state index contributed by atoms with van der Waals surface area (Å²) in [5, 5.41) is 23.1. The molecule has 29 heavy (non-hydrogen) atoms. The summed E-state index contributed by atoms with van der Waals surface area (Å²) < 4.78 is 5.38. The molecule has 0 fully saturated rings. The number of rotatable bonds is 4. The fourth-order valence-electron chi connectivity index (χ4n) is 3.08. The third-order valence-corrected chi connectivity index (χ3v) is 5.60. The van der Waals surface area contributed by atoms with Gasteiger partial charge in [-0.2, -0.15) is 0 Å². The number of aromatic nitrogens is 1. The fraction of sp³-hybridized carbons (Fsp3) is 0.150. The molecule has 3 aromatic rings. The van der Waals surface area contributed by atoms with Gasteiger partial charge in [0, 0.05) is 16.0 Å². The van der Waals surface area contributed by atoms with Crippen LogP contribution in [0.25, 0.3) is 16.8 Å². The zero-order valence-corrected chi connectivity index (χ0v) is 17.2. The predicted molar refractivity (Wildman–Crippen MR) is 112 cm³/mol. The molecule has 1 aliphatic heterocycles. The highest BCUT2D eigenvalue weighted by Gasteiger charge is 2.32. The van der Waals surface area contributed by atoms with Crippen LogP contribution >= 0.6 is 22.9 Å². The quantitative estimate of drug-likeness (QED) is 0.564. The van der Waals surface area contributed by atoms with E-state index in [1.54, 1.807) is 32.0 Å². The third kappa shape index (κ3) is 3.64. The summed E-state index contributed by atoms with van der Waals surface area (Å²) in [6, 6.07) is 8.91. The molecule has 0 saturated heterocycles. The Labute approximate surface area is 175 Å². The van der Waals surface area contributed by atoms with Crippen LogP contribution in [0.2, 0.25) is 5.02 Å². The molecule has 3 N–H and O–H groups in total. The lowest BCUT2D eigenvalue weighted by Crippen LogP contribution is -2.43. The van der Waals surface area contributed by atoms with E-state index in [1.165, 1.54) is 16.3 Å². The molecule has 4 rings (SSSR count). The molecule has 0 aliphatic carbocycles. The molecule has 1 aromatic carbocycles. The maximum absolute atomic E-state index is 12.5. The average molecular weight is 429 g/mol. The molecule has 0 unspecified atom stereocenters. The van der Waals surface area contributed by atoms with Crippen LogP contribution in [0, 0.1) is 19.3 Å². The molecule has 148 valence electrons. The number of nitrogens with one attached hydrogen (secondary N) is 2. The molecule has 0 saturated carbocycles. The highest BCUT2D eigenvalue weighted by molar-refractivity contribution is 7.11. The second-order valence-electron chi connectivity index (χ2n) is 6.57. The number of amides is 1. The number of hydrogen-bond acceptors (Lipinski definition) is 6. The van der Waals surface area contributed by atoms with Crippen molar-refractivity contribution >= 4 is 40.3 Å². The molecule has 7 nitrogen and oxygen atoms in total. The standard InChI is InChI=1S/C20H17ClN4O3S/c1-10-7-14(11(2)28-10)19(27)24-25-8-16(26)17(18(25)22)20-23-15(9-29-20)12-3-5-13(21)6-4-12/h3-7,9,22,26H,8H2,1-2H3,(H,24,27). The first kappa shape index (κ1) is 19.2. The summed E-state index contributed by atoms with van der Waals surface area (Å²) in [5.41, 5.74) is 4.95. The van der Waals surface area contributed by atoms with Crippen LogP contribution in [-0.2, 0) is 0 Å². The van der Waals surface area contributed by atoms with Crippen LogP contribution in [0.4, 0.5) is 0 Å². The molecule has 1 aliphatic rings. The maximum Gasteiger partial charge on any atom is 0.273 e. The van der Waals surface area contributed by atoms with Crippen LogP contribution in [0.15, 0.2) is 45.9 Å². The molecule has 0 atom stereocenters. The highest BCUT2D eigenvalue weighted by atomic mass is 35.5. The lowest BCUT2D eigenvalue weighted by atomic mass is 10.2. The number of amidine groups is 1. The number of hydrogen-bond donors (Lipinski definition) is 3. The number of benzene rings is 1. The monoisotopic (exact) mass is 428 g/mol. The topological polar surface area (TPSA) is 102 Å². The van der Waals surface area contributed by atoms with Gasteiger partial charge < -0.3 is 9.52 Å². The van der Waals surface area contributed by atoms with Crippen molar-refractivity contribution in [2.24, 2.45) is 0 Å². The second-order valence-corrected chi connectivity index (χ2v) is 7.86. The zero-order valence-electron chi connectivity index (χ0n) is 15.6. The lowest BCUT2D eigenvalue weighted by molar-refractivity contribution is 0.0873. The summed E-state index contributed by atoms with van der Waals surface area (Å²) in [6.07, 6.45) is 0. The molecule has 0 spiro atoms. The fourth-order valence-corrected chi connectivity index (χ4v) is 4.10. The smallest absolute Gasteiger partial charge is 0.273 e. The number of carbonyl (C=O) groups excluding carboxylic acids is 1. The Morgan fingerprint density at radius 3 is 2.72 bits per heavy atom. The molecular weight excluding hydrogens is 412 g/mol. The summed E-state index contributed by atoms with van der Waals surface area (Å²) >= 11 is 7.25. The van der Waals surface area contributed by atoms with E-state index in [4.69, 9.17) is 21.4 Å². The minimum atomic E-state index is -0.404. The number of hydrazine groups is 1. The minimum absolute atomic E-state index is 0.00829. The van der Waals surface area contributed by atoms with Gasteiger partial charge in [0.05, 0.1) is 23.4 Å². The first-order valence-electron chi connectivity index (χ1n) is 8.72. The minimum Gasteiger partial charge on any atom is -0.509 e. The van der Waals surface area contributed by atoms with E-state index in [1.807, 2.05) is 17.5 Å². The van der Waals surface area contributed by atoms with E-state index < -0.39 is 5.91 Å². The number of aliphatic hydroxyl groups excluding tert-OH is 1. The molecule has 9 heteroatoms.